The van der Waals surface area contributed by atoms with Crippen LogP contribution in [-0.4, -0.2) is 65.6 Å². The molecule has 0 atom stereocenters. The summed E-state index contributed by atoms with van der Waals surface area (Å²) in [6.07, 6.45) is 0.242. The number of halogens is 8. The van der Waals surface area contributed by atoms with Gasteiger partial charge in [0, 0.05) is 48.0 Å². The summed E-state index contributed by atoms with van der Waals surface area (Å²) in [5.41, 5.74) is 4.66. The number of imidazole rings is 2. The normalized spacial score (nSPS) is 19.4. The van der Waals surface area contributed by atoms with Crippen LogP contribution < -0.4 is 10.6 Å². The molecule has 2 saturated carbocycles. The van der Waals surface area contributed by atoms with Crippen molar-refractivity contribution in [3.05, 3.63) is 106 Å². The fourth-order valence-corrected chi connectivity index (χ4v) is 8.52. The molecule has 4 heterocycles. The number of aliphatic hydroxyl groups is 2. The second kappa shape index (κ2) is 18.4. The van der Waals surface area contributed by atoms with Crippen LogP contribution in [0.2, 0.25) is 10.0 Å². The third kappa shape index (κ3) is 10.4. The first-order valence-corrected chi connectivity index (χ1v) is 20.7. The number of aromatic nitrogens is 4. The average molecular weight is 898 g/mol. The van der Waals surface area contributed by atoms with Gasteiger partial charge in [-0.05, 0) is 98.9 Å². The van der Waals surface area contributed by atoms with E-state index in [1.165, 1.54) is 21.2 Å². The van der Waals surface area contributed by atoms with Crippen molar-refractivity contribution in [2.45, 2.75) is 101 Å². The number of hydrogen-bond acceptors (Lipinski definition) is 8. The lowest BCUT2D eigenvalue weighted by Crippen LogP contribution is -2.28. The Morgan fingerprint density at radius 1 is 0.613 bits per heavy atom. The average Bonchev–Trinajstić information content (AvgIpc) is 3.82. The van der Waals surface area contributed by atoms with Crippen LogP contribution in [0.15, 0.2) is 73.3 Å². The zero-order valence-corrected chi connectivity index (χ0v) is 34.4. The Labute approximate surface area is 362 Å². The van der Waals surface area contributed by atoms with Crippen molar-refractivity contribution < 1.29 is 36.6 Å². The van der Waals surface area contributed by atoms with E-state index >= 15 is 0 Å². The number of benzene rings is 2. The molecule has 0 unspecified atom stereocenters. The molecule has 0 saturated heterocycles. The Balaban J connectivity index is 0.000000186. The molecule has 62 heavy (non-hydrogen) atoms. The molecular weight excluding hydrogens is 857 g/mol. The van der Waals surface area contributed by atoms with E-state index in [0.717, 1.165) is 75.1 Å². The van der Waals surface area contributed by atoms with Gasteiger partial charge in [-0.1, -0.05) is 35.3 Å². The van der Waals surface area contributed by atoms with E-state index in [9.17, 15) is 47.1 Å². The van der Waals surface area contributed by atoms with Gasteiger partial charge in [0.05, 0.1) is 57.9 Å². The number of pyridine rings is 2. The lowest BCUT2D eigenvalue weighted by molar-refractivity contribution is -0.128. The second-order valence-corrected chi connectivity index (χ2v) is 16.4. The number of rotatable bonds is 8. The fourth-order valence-electron chi connectivity index (χ4n) is 8.05. The molecule has 18 heteroatoms. The highest BCUT2D eigenvalue weighted by Crippen LogP contribution is 2.36. The molecule has 0 amide bonds. The first-order valence-electron chi connectivity index (χ1n) is 19.9. The summed E-state index contributed by atoms with van der Waals surface area (Å²) in [7, 11) is 0. The minimum Gasteiger partial charge on any atom is -0.393 e. The van der Waals surface area contributed by atoms with Crippen LogP contribution in [0.25, 0.3) is 33.5 Å². The SMILES string of the molecule is N#Cc1c(-c2ccc(NC3CCC(O)CC3)c(Cl)c2)ccn2c(CC(F)(F)F)cnc12.N#Cc1c(-c2ccc(NC3CCC(O)CC3)c(Cl)c2)ccn2c(CC(F)(F)F)cnc12. The molecule has 4 N–H and O–H groups in total. The lowest BCUT2D eigenvalue weighted by atomic mass is 9.93. The smallest absolute Gasteiger partial charge is 0.393 e. The summed E-state index contributed by atoms with van der Waals surface area (Å²) in [6.45, 7) is 0. The van der Waals surface area contributed by atoms with Gasteiger partial charge in [0.1, 0.15) is 23.3 Å². The van der Waals surface area contributed by atoms with Crippen LogP contribution in [-0.2, 0) is 12.8 Å². The molecule has 0 spiro atoms. The van der Waals surface area contributed by atoms with Crippen LogP contribution >= 0.6 is 23.2 Å². The van der Waals surface area contributed by atoms with Crippen molar-refractivity contribution in [2.75, 3.05) is 10.6 Å². The number of nitrogens with one attached hydrogen (secondary N) is 2. The molecule has 0 aliphatic heterocycles. The van der Waals surface area contributed by atoms with Crippen molar-refractivity contribution in [3.63, 3.8) is 0 Å². The third-order valence-electron chi connectivity index (χ3n) is 11.2. The van der Waals surface area contributed by atoms with E-state index < -0.39 is 25.2 Å². The van der Waals surface area contributed by atoms with E-state index in [2.05, 4.69) is 32.7 Å². The Kier molecular flexibility index (Phi) is 13.3. The summed E-state index contributed by atoms with van der Waals surface area (Å²) in [6, 6.07) is 18.6. The predicted molar refractivity (Wildman–Crippen MR) is 224 cm³/mol. The number of nitrogens with zero attached hydrogens (tertiary/aromatic N) is 6. The predicted octanol–water partition coefficient (Wildman–Crippen LogP) is 10.7. The van der Waals surface area contributed by atoms with E-state index in [4.69, 9.17) is 23.2 Å². The molecule has 0 bridgehead atoms. The molecule has 6 aromatic rings. The highest BCUT2D eigenvalue weighted by molar-refractivity contribution is 6.34. The van der Waals surface area contributed by atoms with Crippen LogP contribution in [0.4, 0.5) is 37.7 Å². The van der Waals surface area contributed by atoms with Gasteiger partial charge in [0.2, 0.25) is 0 Å². The molecule has 2 aliphatic rings. The second-order valence-electron chi connectivity index (χ2n) is 15.6. The van der Waals surface area contributed by atoms with Crippen molar-refractivity contribution in [1.82, 2.24) is 18.8 Å². The van der Waals surface area contributed by atoms with Gasteiger partial charge in [0.15, 0.2) is 11.3 Å². The molecule has 4 aromatic heterocycles. The Morgan fingerprint density at radius 3 is 1.31 bits per heavy atom. The summed E-state index contributed by atoms with van der Waals surface area (Å²) < 4.78 is 79.4. The lowest BCUT2D eigenvalue weighted by Gasteiger charge is -2.27. The first kappa shape index (κ1) is 44.5. The molecule has 324 valence electrons. The van der Waals surface area contributed by atoms with E-state index in [1.807, 2.05) is 24.3 Å². The standard InChI is InChI=1S/2C22H20ClF3N4O/c2*23-19-9-13(1-6-20(19)29-14-2-4-16(31)5-3-14)17-7-8-30-15(10-22(24,25)26)12-28-21(30)18(17)11-27/h2*1,6-9,12,14,16,29,31H,2-5,10H2. The van der Waals surface area contributed by atoms with Gasteiger partial charge >= 0.3 is 12.4 Å². The summed E-state index contributed by atoms with van der Waals surface area (Å²) in [5.74, 6) is 0. The Bertz CT molecular complexity index is 2470. The Hall–Kier alpha value is -5.52. The van der Waals surface area contributed by atoms with Gasteiger partial charge in [0.25, 0.3) is 0 Å². The highest BCUT2D eigenvalue weighted by Gasteiger charge is 2.31. The number of aliphatic hydroxyl groups excluding tert-OH is 2. The first-order chi connectivity index (χ1) is 29.5. The maximum Gasteiger partial charge on any atom is 0.394 e. The van der Waals surface area contributed by atoms with Gasteiger partial charge in [-0.25, -0.2) is 9.97 Å². The molecule has 2 aromatic carbocycles. The maximum absolute atomic E-state index is 12.8. The quantitative estimate of drug-likeness (QED) is 0.110. The van der Waals surface area contributed by atoms with Crippen molar-refractivity contribution in [1.29, 1.82) is 10.5 Å². The zero-order valence-electron chi connectivity index (χ0n) is 32.9. The van der Waals surface area contributed by atoms with Crippen molar-refractivity contribution >= 4 is 45.9 Å². The van der Waals surface area contributed by atoms with Gasteiger partial charge in [-0.2, -0.15) is 36.9 Å². The van der Waals surface area contributed by atoms with Crippen molar-refractivity contribution in [3.8, 4) is 34.4 Å². The number of fused-ring (bicyclic) bond motifs is 2. The molecule has 2 aliphatic carbocycles. The van der Waals surface area contributed by atoms with Gasteiger partial charge in [-0.15, -0.1) is 0 Å². The highest BCUT2D eigenvalue weighted by atomic mass is 35.5. The summed E-state index contributed by atoms with van der Waals surface area (Å²) >= 11 is 13.0. The number of alkyl halides is 6. The van der Waals surface area contributed by atoms with Crippen LogP contribution in [0, 0.1) is 22.7 Å². The summed E-state index contributed by atoms with van der Waals surface area (Å²) in [5, 5.41) is 46.4. The number of anilines is 2. The Morgan fingerprint density at radius 2 is 0.984 bits per heavy atom. The van der Waals surface area contributed by atoms with Crippen LogP contribution in [0.1, 0.15) is 73.9 Å². The van der Waals surface area contributed by atoms with Crippen molar-refractivity contribution in [2.24, 2.45) is 0 Å². The minimum absolute atomic E-state index is 0.0271. The van der Waals surface area contributed by atoms with E-state index in [1.54, 1.807) is 24.3 Å². The van der Waals surface area contributed by atoms with E-state index in [-0.39, 0.29) is 58.1 Å². The van der Waals surface area contributed by atoms with E-state index in [0.29, 0.717) is 32.3 Å². The summed E-state index contributed by atoms with van der Waals surface area (Å²) in [4.78, 5) is 8.12. The monoisotopic (exact) mass is 896 g/mol. The van der Waals surface area contributed by atoms with Crippen LogP contribution in [0.5, 0.6) is 0 Å². The van der Waals surface area contributed by atoms with Gasteiger partial charge in [-0.3, -0.25) is 0 Å². The zero-order chi connectivity index (χ0) is 44.3. The molecule has 2 fully saturated rings. The maximum atomic E-state index is 12.8. The molecule has 0 radical (unpaired) electrons. The van der Waals surface area contributed by atoms with Crippen LogP contribution in [0.3, 0.4) is 0 Å². The largest absolute Gasteiger partial charge is 0.394 e. The molecule has 8 rings (SSSR count). The number of nitriles is 2. The molecular formula is C44H40Cl2F6N8O2. The van der Waals surface area contributed by atoms with Gasteiger partial charge < -0.3 is 29.6 Å². The number of hydrogen-bond donors (Lipinski definition) is 4. The molecule has 10 nitrogen and oxygen atoms in total. The third-order valence-corrected chi connectivity index (χ3v) is 11.8. The fraction of sp³-hybridized carbons (Fsp3) is 0.364. The topological polar surface area (TPSA) is 147 Å². The minimum atomic E-state index is -4.37.